The molecule has 30 heavy (non-hydrogen) atoms. The number of rotatable bonds is 7. The van der Waals surface area contributed by atoms with E-state index in [1.165, 1.54) is 0 Å². The van der Waals surface area contributed by atoms with Crippen LogP contribution in [0.4, 0.5) is 17.2 Å². The number of ether oxygens (including phenoxy) is 2. The number of nitrogens with zero attached hydrogens (tertiary/aromatic N) is 1. The summed E-state index contributed by atoms with van der Waals surface area (Å²) in [5, 5.41) is 6.94. The first-order valence-corrected chi connectivity index (χ1v) is 11.5. The largest absolute Gasteiger partial charge is 0.455 e. The molecule has 0 radical (unpaired) electrons. The molecule has 1 aromatic heterocycles. The molecule has 2 heterocycles. The second kappa shape index (κ2) is 9.73. The monoisotopic (exact) mass is 423 g/mol. The molecule has 0 amide bonds. The number of benzene rings is 2. The first-order chi connectivity index (χ1) is 14.7. The van der Waals surface area contributed by atoms with Gasteiger partial charge in [0.25, 0.3) is 0 Å². The fourth-order valence-electron chi connectivity index (χ4n) is 3.28. The Morgan fingerprint density at radius 2 is 1.87 bits per heavy atom. The molecule has 0 aliphatic carbocycles. The second-order valence-corrected chi connectivity index (χ2v) is 8.49. The SMILES string of the molecule is CS(=O)c1ccc(Oc2ccc(Nc3ccccn3)cc2NC2CCOCC2)cc1. The van der Waals surface area contributed by atoms with Gasteiger partial charge in [-0.05, 0) is 67.4 Å². The number of pyridine rings is 1. The van der Waals surface area contributed by atoms with Gasteiger partial charge in [0.1, 0.15) is 11.6 Å². The summed E-state index contributed by atoms with van der Waals surface area (Å²) in [6.45, 7) is 1.52. The summed E-state index contributed by atoms with van der Waals surface area (Å²) >= 11 is 0. The number of aromatic nitrogens is 1. The van der Waals surface area contributed by atoms with Gasteiger partial charge in [-0.25, -0.2) is 4.98 Å². The van der Waals surface area contributed by atoms with Crippen molar-refractivity contribution in [2.24, 2.45) is 0 Å². The predicted octanol–water partition coefficient (Wildman–Crippen LogP) is 4.95. The Morgan fingerprint density at radius 3 is 2.57 bits per heavy atom. The van der Waals surface area contributed by atoms with Crippen molar-refractivity contribution in [1.82, 2.24) is 4.98 Å². The third-order valence-corrected chi connectivity index (χ3v) is 5.82. The Hall–Kier alpha value is -2.90. The van der Waals surface area contributed by atoms with Crippen LogP contribution in [0.15, 0.2) is 71.8 Å². The van der Waals surface area contributed by atoms with Crippen LogP contribution in [0.25, 0.3) is 0 Å². The maximum Gasteiger partial charge on any atom is 0.150 e. The van der Waals surface area contributed by atoms with Gasteiger partial charge in [-0.2, -0.15) is 0 Å². The van der Waals surface area contributed by atoms with Crippen LogP contribution in [0.2, 0.25) is 0 Å². The van der Waals surface area contributed by atoms with Gasteiger partial charge in [-0.15, -0.1) is 0 Å². The van der Waals surface area contributed by atoms with Gasteiger partial charge in [0, 0.05) is 53.1 Å². The zero-order valence-corrected chi connectivity index (χ0v) is 17.7. The van der Waals surface area contributed by atoms with Crippen LogP contribution in [-0.2, 0) is 15.5 Å². The van der Waals surface area contributed by atoms with E-state index in [1.807, 2.05) is 60.7 Å². The van der Waals surface area contributed by atoms with Crippen molar-refractivity contribution >= 4 is 28.0 Å². The van der Waals surface area contributed by atoms with Gasteiger partial charge in [0.2, 0.25) is 0 Å². The van der Waals surface area contributed by atoms with Gasteiger partial charge < -0.3 is 20.1 Å². The van der Waals surface area contributed by atoms with E-state index in [4.69, 9.17) is 9.47 Å². The molecule has 1 aliphatic rings. The zero-order valence-electron chi connectivity index (χ0n) is 16.8. The van der Waals surface area contributed by atoms with Crippen molar-refractivity contribution in [3.63, 3.8) is 0 Å². The number of nitrogens with one attached hydrogen (secondary N) is 2. The molecule has 0 bridgehead atoms. The minimum atomic E-state index is -1.01. The molecule has 0 spiro atoms. The van der Waals surface area contributed by atoms with Crippen molar-refractivity contribution in [1.29, 1.82) is 0 Å². The van der Waals surface area contributed by atoms with Crippen molar-refractivity contribution in [2.75, 3.05) is 30.1 Å². The summed E-state index contributed by atoms with van der Waals surface area (Å²) in [6, 6.07) is 19.4. The normalized spacial score (nSPS) is 15.4. The predicted molar refractivity (Wildman–Crippen MR) is 120 cm³/mol. The fraction of sp³-hybridized carbons (Fsp3) is 0.261. The molecule has 1 atom stereocenters. The lowest BCUT2D eigenvalue weighted by atomic mass is 10.1. The maximum absolute atomic E-state index is 11.6. The van der Waals surface area contributed by atoms with E-state index in [1.54, 1.807) is 12.5 Å². The molecule has 2 N–H and O–H groups in total. The number of hydrogen-bond donors (Lipinski definition) is 2. The lowest BCUT2D eigenvalue weighted by Crippen LogP contribution is -2.28. The molecular weight excluding hydrogens is 398 g/mol. The number of anilines is 3. The van der Waals surface area contributed by atoms with Crippen molar-refractivity contribution in [2.45, 2.75) is 23.8 Å². The van der Waals surface area contributed by atoms with E-state index in [-0.39, 0.29) is 0 Å². The summed E-state index contributed by atoms with van der Waals surface area (Å²) in [5.41, 5.74) is 1.83. The summed E-state index contributed by atoms with van der Waals surface area (Å²) in [6.07, 6.45) is 5.33. The average molecular weight is 424 g/mol. The topological polar surface area (TPSA) is 72.5 Å². The third-order valence-electron chi connectivity index (χ3n) is 4.88. The van der Waals surface area contributed by atoms with E-state index in [2.05, 4.69) is 15.6 Å². The van der Waals surface area contributed by atoms with Gasteiger partial charge in [-0.3, -0.25) is 4.21 Å². The molecule has 4 rings (SSSR count). The van der Waals surface area contributed by atoms with E-state index >= 15 is 0 Å². The molecule has 6 nitrogen and oxygen atoms in total. The minimum Gasteiger partial charge on any atom is -0.455 e. The van der Waals surface area contributed by atoms with Crippen LogP contribution in [0, 0.1) is 0 Å². The summed E-state index contributed by atoms with van der Waals surface area (Å²) in [7, 11) is -1.01. The van der Waals surface area contributed by atoms with E-state index in [0.29, 0.717) is 11.8 Å². The summed E-state index contributed by atoms with van der Waals surface area (Å²) in [5.74, 6) is 2.22. The number of hydrogen-bond acceptors (Lipinski definition) is 6. The van der Waals surface area contributed by atoms with Crippen LogP contribution >= 0.6 is 0 Å². The molecule has 1 fully saturated rings. The zero-order chi connectivity index (χ0) is 20.8. The van der Waals surface area contributed by atoms with Crippen molar-refractivity contribution < 1.29 is 13.7 Å². The minimum absolute atomic E-state index is 0.330. The highest BCUT2D eigenvalue weighted by Crippen LogP contribution is 2.34. The highest BCUT2D eigenvalue weighted by atomic mass is 32.2. The molecule has 2 aromatic carbocycles. The lowest BCUT2D eigenvalue weighted by Gasteiger charge is -2.25. The third kappa shape index (κ3) is 5.37. The molecule has 1 saturated heterocycles. The Morgan fingerprint density at radius 1 is 1.07 bits per heavy atom. The average Bonchev–Trinajstić information content (AvgIpc) is 2.77. The van der Waals surface area contributed by atoms with Crippen molar-refractivity contribution in [3.8, 4) is 11.5 Å². The Kier molecular flexibility index (Phi) is 6.61. The molecule has 1 unspecified atom stereocenters. The molecule has 156 valence electrons. The van der Waals surface area contributed by atoms with Crippen LogP contribution in [0.5, 0.6) is 11.5 Å². The van der Waals surface area contributed by atoms with E-state index in [0.717, 1.165) is 53.9 Å². The quantitative estimate of drug-likeness (QED) is 0.560. The maximum atomic E-state index is 11.6. The van der Waals surface area contributed by atoms with E-state index < -0.39 is 10.8 Å². The smallest absolute Gasteiger partial charge is 0.150 e. The molecule has 1 aliphatic heterocycles. The highest BCUT2D eigenvalue weighted by molar-refractivity contribution is 7.84. The van der Waals surface area contributed by atoms with Crippen LogP contribution in [0.3, 0.4) is 0 Å². The Bertz CT molecular complexity index is 990. The van der Waals surface area contributed by atoms with E-state index in [9.17, 15) is 4.21 Å². The van der Waals surface area contributed by atoms with Gasteiger partial charge in [0.05, 0.1) is 5.69 Å². The van der Waals surface area contributed by atoms with Gasteiger partial charge in [0.15, 0.2) is 5.75 Å². The summed E-state index contributed by atoms with van der Waals surface area (Å²) in [4.78, 5) is 5.10. The molecule has 3 aromatic rings. The van der Waals surface area contributed by atoms with Crippen LogP contribution in [0.1, 0.15) is 12.8 Å². The van der Waals surface area contributed by atoms with Gasteiger partial charge in [-0.1, -0.05) is 6.07 Å². The standard InChI is InChI=1S/C23H25N3O3S/c1-30(27)20-8-6-19(7-9-20)29-22-10-5-18(26-23-4-2-3-13-24-23)16-21(22)25-17-11-14-28-15-12-17/h2-10,13,16-17,25H,11-12,14-15H2,1H3,(H,24,26). The Balaban J connectivity index is 1.57. The molecule has 0 saturated carbocycles. The molecular formula is C23H25N3O3S. The summed E-state index contributed by atoms with van der Waals surface area (Å²) < 4.78 is 23.3. The fourth-order valence-corrected chi connectivity index (χ4v) is 3.80. The first kappa shape index (κ1) is 20.4. The first-order valence-electron chi connectivity index (χ1n) is 9.95. The lowest BCUT2D eigenvalue weighted by molar-refractivity contribution is 0.0904. The highest BCUT2D eigenvalue weighted by Gasteiger charge is 2.16. The van der Waals surface area contributed by atoms with Gasteiger partial charge >= 0.3 is 0 Å². The van der Waals surface area contributed by atoms with Crippen LogP contribution < -0.4 is 15.4 Å². The molecule has 7 heteroatoms. The Labute approximate surface area is 179 Å². The van der Waals surface area contributed by atoms with Crippen molar-refractivity contribution in [3.05, 3.63) is 66.9 Å². The van der Waals surface area contributed by atoms with Crippen LogP contribution in [-0.4, -0.2) is 34.7 Å². The second-order valence-electron chi connectivity index (χ2n) is 7.11.